The summed E-state index contributed by atoms with van der Waals surface area (Å²) in [6.07, 6.45) is 3.96. The zero-order chi connectivity index (χ0) is 18.9. The van der Waals surface area contributed by atoms with E-state index < -0.39 is 15.8 Å². The molecule has 1 saturated heterocycles. The SMILES string of the molecule is CC1(C)Oc2c(ncnc2N2CCC(CCNS(N)(=O)=O)CC2)NC1=O. The highest BCUT2D eigenvalue weighted by Gasteiger charge is 2.38. The number of rotatable bonds is 5. The van der Waals surface area contributed by atoms with Gasteiger partial charge in [0.2, 0.25) is 5.75 Å². The first-order valence-electron chi connectivity index (χ1n) is 8.53. The summed E-state index contributed by atoms with van der Waals surface area (Å²) in [4.78, 5) is 22.6. The van der Waals surface area contributed by atoms with Crippen LogP contribution >= 0.6 is 0 Å². The van der Waals surface area contributed by atoms with Gasteiger partial charge in [0.25, 0.3) is 16.1 Å². The summed E-state index contributed by atoms with van der Waals surface area (Å²) in [5, 5.41) is 7.70. The Morgan fingerprint density at radius 3 is 2.73 bits per heavy atom. The third-order valence-electron chi connectivity index (χ3n) is 4.69. The van der Waals surface area contributed by atoms with Crippen LogP contribution in [0.25, 0.3) is 0 Å². The summed E-state index contributed by atoms with van der Waals surface area (Å²) < 4.78 is 30.0. The third kappa shape index (κ3) is 4.22. The molecule has 1 amide bonds. The molecule has 26 heavy (non-hydrogen) atoms. The average Bonchev–Trinajstić information content (AvgIpc) is 2.55. The number of fused-ring (bicyclic) bond motifs is 1. The van der Waals surface area contributed by atoms with Gasteiger partial charge in [-0.15, -0.1) is 0 Å². The molecular weight excluding hydrogens is 360 g/mol. The number of ether oxygens (including phenoxy) is 1. The van der Waals surface area contributed by atoms with Gasteiger partial charge in [-0.05, 0) is 39.0 Å². The van der Waals surface area contributed by atoms with Crippen LogP contribution in [0.3, 0.4) is 0 Å². The molecule has 1 fully saturated rings. The van der Waals surface area contributed by atoms with E-state index in [4.69, 9.17) is 9.88 Å². The van der Waals surface area contributed by atoms with Gasteiger partial charge in [-0.25, -0.2) is 19.8 Å². The van der Waals surface area contributed by atoms with Gasteiger partial charge in [0, 0.05) is 19.6 Å². The number of anilines is 2. The van der Waals surface area contributed by atoms with Crippen molar-refractivity contribution in [2.24, 2.45) is 11.1 Å². The minimum absolute atomic E-state index is 0.240. The van der Waals surface area contributed by atoms with Gasteiger partial charge in [-0.2, -0.15) is 8.42 Å². The monoisotopic (exact) mass is 384 g/mol. The molecule has 0 saturated carbocycles. The van der Waals surface area contributed by atoms with Crippen molar-refractivity contribution in [3.8, 4) is 5.75 Å². The van der Waals surface area contributed by atoms with Crippen LogP contribution in [0.15, 0.2) is 6.33 Å². The second-order valence-corrected chi connectivity index (χ2v) is 8.48. The highest BCUT2D eigenvalue weighted by atomic mass is 32.2. The molecule has 4 N–H and O–H groups in total. The Morgan fingerprint density at radius 1 is 1.38 bits per heavy atom. The number of carbonyl (C=O) groups is 1. The van der Waals surface area contributed by atoms with Gasteiger partial charge in [-0.3, -0.25) is 4.79 Å². The predicted molar refractivity (Wildman–Crippen MR) is 96.0 cm³/mol. The average molecular weight is 384 g/mol. The van der Waals surface area contributed by atoms with Crippen LogP contribution in [0.4, 0.5) is 11.6 Å². The Morgan fingerprint density at radius 2 is 2.08 bits per heavy atom. The zero-order valence-electron chi connectivity index (χ0n) is 14.9. The van der Waals surface area contributed by atoms with E-state index in [2.05, 4.69) is 24.9 Å². The number of amides is 1. The third-order valence-corrected chi connectivity index (χ3v) is 5.30. The van der Waals surface area contributed by atoms with Gasteiger partial charge in [0.05, 0.1) is 0 Å². The topological polar surface area (TPSA) is 140 Å². The first kappa shape index (κ1) is 18.8. The molecule has 0 radical (unpaired) electrons. The van der Waals surface area contributed by atoms with Crippen molar-refractivity contribution in [1.29, 1.82) is 0 Å². The summed E-state index contributed by atoms with van der Waals surface area (Å²) in [5.74, 6) is 1.72. The van der Waals surface area contributed by atoms with Crippen LogP contribution in [-0.4, -0.2) is 49.5 Å². The van der Waals surface area contributed by atoms with E-state index >= 15 is 0 Å². The molecule has 10 nitrogen and oxygen atoms in total. The fourth-order valence-electron chi connectivity index (χ4n) is 3.17. The number of nitrogens with two attached hydrogens (primary N) is 1. The second kappa shape index (κ2) is 6.97. The molecule has 0 aromatic carbocycles. The number of piperidine rings is 1. The Kier molecular flexibility index (Phi) is 5.04. The molecule has 3 heterocycles. The minimum Gasteiger partial charge on any atom is -0.470 e. The molecule has 11 heteroatoms. The van der Waals surface area contributed by atoms with Gasteiger partial charge in [-0.1, -0.05) is 0 Å². The van der Waals surface area contributed by atoms with E-state index in [0.717, 1.165) is 32.4 Å². The maximum absolute atomic E-state index is 12.0. The van der Waals surface area contributed by atoms with Crippen molar-refractivity contribution in [2.75, 3.05) is 29.9 Å². The molecule has 0 spiro atoms. The van der Waals surface area contributed by atoms with Crippen molar-refractivity contribution in [3.05, 3.63) is 6.33 Å². The number of aromatic nitrogens is 2. The lowest BCUT2D eigenvalue weighted by molar-refractivity contribution is -0.129. The first-order valence-corrected chi connectivity index (χ1v) is 10.1. The summed E-state index contributed by atoms with van der Waals surface area (Å²) in [6.45, 7) is 5.28. The lowest BCUT2D eigenvalue weighted by Crippen LogP contribution is -2.47. The second-order valence-electron chi connectivity index (χ2n) is 7.10. The molecule has 2 aliphatic rings. The van der Waals surface area contributed by atoms with Crippen LogP contribution in [0.1, 0.15) is 33.1 Å². The number of carbonyl (C=O) groups excluding carboxylic acids is 1. The van der Waals surface area contributed by atoms with Crippen molar-refractivity contribution in [2.45, 2.75) is 38.7 Å². The van der Waals surface area contributed by atoms with Crippen LogP contribution in [0.5, 0.6) is 5.75 Å². The van der Waals surface area contributed by atoms with Gasteiger partial charge in [0.1, 0.15) is 6.33 Å². The number of nitrogens with one attached hydrogen (secondary N) is 2. The van der Waals surface area contributed by atoms with Crippen LogP contribution in [0.2, 0.25) is 0 Å². The molecule has 0 unspecified atom stereocenters. The number of nitrogens with zero attached hydrogens (tertiary/aromatic N) is 3. The van der Waals surface area contributed by atoms with E-state index in [-0.39, 0.29) is 5.91 Å². The Labute approximate surface area is 152 Å². The molecule has 1 aromatic rings. The van der Waals surface area contributed by atoms with Crippen molar-refractivity contribution < 1.29 is 17.9 Å². The number of hydrogen-bond acceptors (Lipinski definition) is 7. The molecular formula is C15H24N6O4S. The zero-order valence-corrected chi connectivity index (χ0v) is 15.7. The maximum atomic E-state index is 12.0. The minimum atomic E-state index is -3.63. The first-order chi connectivity index (χ1) is 12.2. The van der Waals surface area contributed by atoms with Gasteiger partial charge >= 0.3 is 0 Å². The molecule has 1 aromatic heterocycles. The molecule has 2 aliphatic heterocycles. The standard InChI is InChI=1S/C15H24N6O4S/c1-15(2)14(22)20-12-11(25-15)13(18-9-17-12)21-7-4-10(5-8-21)3-6-19-26(16,23)24/h9-10,19H,3-8H2,1-2H3,(H2,16,23,24)(H,17,18,20,22). The largest absolute Gasteiger partial charge is 0.470 e. The van der Waals surface area contributed by atoms with Gasteiger partial charge in [0.15, 0.2) is 17.2 Å². The molecule has 0 bridgehead atoms. The lowest BCUT2D eigenvalue weighted by atomic mass is 9.93. The smallest absolute Gasteiger partial charge is 0.274 e. The quantitative estimate of drug-likeness (QED) is 0.648. The molecule has 3 rings (SSSR count). The Balaban J connectivity index is 1.64. The normalized spacial score (nSPS) is 20.3. The summed E-state index contributed by atoms with van der Waals surface area (Å²) in [5.41, 5.74) is -0.982. The lowest BCUT2D eigenvalue weighted by Gasteiger charge is -2.37. The molecule has 0 aliphatic carbocycles. The van der Waals surface area contributed by atoms with Crippen LogP contribution in [-0.2, 0) is 15.0 Å². The van der Waals surface area contributed by atoms with Crippen molar-refractivity contribution in [3.63, 3.8) is 0 Å². The van der Waals surface area contributed by atoms with E-state index in [9.17, 15) is 13.2 Å². The van der Waals surface area contributed by atoms with E-state index in [1.165, 1.54) is 6.33 Å². The predicted octanol–water partition coefficient (Wildman–Crippen LogP) is -0.0143. The van der Waals surface area contributed by atoms with E-state index in [1.807, 2.05) is 0 Å². The van der Waals surface area contributed by atoms with E-state index in [0.29, 0.717) is 29.8 Å². The van der Waals surface area contributed by atoms with Crippen molar-refractivity contribution >= 4 is 27.8 Å². The summed E-state index contributed by atoms with van der Waals surface area (Å²) >= 11 is 0. The van der Waals surface area contributed by atoms with Crippen LogP contribution < -0.4 is 24.8 Å². The Hall–Kier alpha value is -1.98. The molecule has 0 atom stereocenters. The highest BCUT2D eigenvalue weighted by molar-refractivity contribution is 7.87. The maximum Gasteiger partial charge on any atom is 0.274 e. The highest BCUT2D eigenvalue weighted by Crippen LogP contribution is 2.39. The summed E-state index contributed by atoms with van der Waals surface area (Å²) in [6, 6.07) is 0. The Bertz CT molecular complexity index is 789. The van der Waals surface area contributed by atoms with Crippen molar-refractivity contribution in [1.82, 2.24) is 14.7 Å². The number of hydrogen-bond donors (Lipinski definition) is 3. The fourth-order valence-corrected chi connectivity index (χ4v) is 3.57. The summed E-state index contributed by atoms with van der Waals surface area (Å²) in [7, 11) is -3.63. The molecule has 144 valence electrons. The van der Waals surface area contributed by atoms with E-state index in [1.54, 1.807) is 13.8 Å². The fraction of sp³-hybridized carbons (Fsp3) is 0.667. The van der Waals surface area contributed by atoms with Gasteiger partial charge < -0.3 is 15.0 Å². The van der Waals surface area contributed by atoms with Crippen LogP contribution in [0, 0.1) is 5.92 Å².